The van der Waals surface area contributed by atoms with E-state index in [0.29, 0.717) is 25.2 Å². The van der Waals surface area contributed by atoms with Crippen LogP contribution in [0.4, 0.5) is 0 Å². The summed E-state index contributed by atoms with van der Waals surface area (Å²) in [7, 11) is 0. The molecule has 6 nitrogen and oxygen atoms in total. The standard InChI is InChI=1S/C22H31N3O3/c1-4-15(2)19(23-20(26)17-10-11-17)22(28)24-12-13-25(16(3)14-24)21(27)18-8-6-5-7-9-18/h5-9,15-17,19H,4,10-14H2,1-3H3,(H,23,26). The van der Waals surface area contributed by atoms with Gasteiger partial charge >= 0.3 is 0 Å². The van der Waals surface area contributed by atoms with E-state index in [1.807, 2.05) is 60.9 Å². The highest BCUT2D eigenvalue weighted by atomic mass is 16.2. The Kier molecular flexibility index (Phi) is 6.37. The lowest BCUT2D eigenvalue weighted by Gasteiger charge is -2.41. The van der Waals surface area contributed by atoms with Crippen LogP contribution in [0.3, 0.4) is 0 Å². The van der Waals surface area contributed by atoms with Gasteiger partial charge in [-0.3, -0.25) is 14.4 Å². The van der Waals surface area contributed by atoms with Crippen LogP contribution in [-0.2, 0) is 9.59 Å². The first kappa shape index (κ1) is 20.4. The molecule has 152 valence electrons. The van der Waals surface area contributed by atoms with E-state index in [9.17, 15) is 14.4 Å². The Labute approximate surface area is 167 Å². The minimum Gasteiger partial charge on any atom is -0.344 e. The van der Waals surface area contributed by atoms with Gasteiger partial charge in [0.05, 0.1) is 0 Å². The smallest absolute Gasteiger partial charge is 0.254 e. The number of rotatable bonds is 6. The van der Waals surface area contributed by atoms with Crippen LogP contribution in [0.2, 0.25) is 0 Å². The van der Waals surface area contributed by atoms with E-state index in [0.717, 1.165) is 19.3 Å². The molecule has 1 aromatic carbocycles. The van der Waals surface area contributed by atoms with E-state index in [4.69, 9.17) is 0 Å². The SMILES string of the molecule is CCC(C)C(NC(=O)C1CC1)C(=O)N1CCN(C(=O)c2ccccc2)C(C)C1. The Morgan fingerprint density at radius 2 is 1.82 bits per heavy atom. The number of hydrogen-bond acceptors (Lipinski definition) is 3. The number of carbonyl (C=O) groups excluding carboxylic acids is 3. The largest absolute Gasteiger partial charge is 0.344 e. The Bertz CT molecular complexity index is 717. The van der Waals surface area contributed by atoms with Gasteiger partial charge in [0, 0.05) is 37.2 Å². The highest BCUT2D eigenvalue weighted by molar-refractivity contribution is 5.95. The van der Waals surface area contributed by atoms with Crippen LogP contribution in [0.1, 0.15) is 50.4 Å². The Morgan fingerprint density at radius 1 is 1.14 bits per heavy atom. The van der Waals surface area contributed by atoms with Gasteiger partial charge in [0.2, 0.25) is 11.8 Å². The predicted molar refractivity (Wildman–Crippen MR) is 108 cm³/mol. The Hall–Kier alpha value is -2.37. The van der Waals surface area contributed by atoms with Crippen LogP contribution >= 0.6 is 0 Å². The van der Waals surface area contributed by atoms with Crippen molar-refractivity contribution in [3.05, 3.63) is 35.9 Å². The molecule has 1 saturated carbocycles. The maximum Gasteiger partial charge on any atom is 0.254 e. The zero-order valence-corrected chi connectivity index (χ0v) is 17.1. The van der Waals surface area contributed by atoms with E-state index in [2.05, 4.69) is 5.32 Å². The van der Waals surface area contributed by atoms with Crippen molar-refractivity contribution >= 4 is 17.7 Å². The fourth-order valence-corrected chi connectivity index (χ4v) is 3.70. The van der Waals surface area contributed by atoms with Crippen molar-refractivity contribution in [2.75, 3.05) is 19.6 Å². The molecule has 3 rings (SSSR count). The third-order valence-electron chi connectivity index (χ3n) is 5.95. The van der Waals surface area contributed by atoms with Gasteiger partial charge in [-0.25, -0.2) is 0 Å². The summed E-state index contributed by atoms with van der Waals surface area (Å²) in [6, 6.07) is 8.69. The average molecular weight is 386 g/mol. The molecule has 0 radical (unpaired) electrons. The lowest BCUT2D eigenvalue weighted by molar-refractivity contribution is -0.140. The van der Waals surface area contributed by atoms with E-state index in [1.165, 1.54) is 0 Å². The van der Waals surface area contributed by atoms with Gasteiger partial charge in [-0.1, -0.05) is 38.5 Å². The first-order chi connectivity index (χ1) is 13.4. The molecule has 1 heterocycles. The summed E-state index contributed by atoms with van der Waals surface area (Å²) in [4.78, 5) is 41.8. The zero-order chi connectivity index (χ0) is 20.3. The molecular formula is C22H31N3O3. The van der Waals surface area contributed by atoms with Crippen molar-refractivity contribution < 1.29 is 14.4 Å². The molecule has 1 aliphatic carbocycles. The normalized spacial score (nSPS) is 21.8. The van der Waals surface area contributed by atoms with Crippen LogP contribution in [0, 0.1) is 11.8 Å². The third kappa shape index (κ3) is 4.54. The Balaban J connectivity index is 1.64. The van der Waals surface area contributed by atoms with Gasteiger partial charge in [0.1, 0.15) is 6.04 Å². The topological polar surface area (TPSA) is 69.7 Å². The molecule has 1 N–H and O–H groups in total. The molecule has 2 aliphatic rings. The van der Waals surface area contributed by atoms with E-state index in [1.54, 1.807) is 0 Å². The summed E-state index contributed by atoms with van der Waals surface area (Å²) in [5.74, 6) is 0.139. The van der Waals surface area contributed by atoms with Gasteiger partial charge in [-0.2, -0.15) is 0 Å². The van der Waals surface area contributed by atoms with Crippen LogP contribution in [-0.4, -0.2) is 59.2 Å². The van der Waals surface area contributed by atoms with Crippen molar-refractivity contribution in [1.82, 2.24) is 15.1 Å². The molecule has 1 saturated heterocycles. The van der Waals surface area contributed by atoms with Crippen LogP contribution in [0.25, 0.3) is 0 Å². The van der Waals surface area contributed by atoms with Gasteiger partial charge in [-0.15, -0.1) is 0 Å². The second-order valence-corrected chi connectivity index (χ2v) is 8.14. The van der Waals surface area contributed by atoms with E-state index >= 15 is 0 Å². The lowest BCUT2D eigenvalue weighted by atomic mass is 9.96. The highest BCUT2D eigenvalue weighted by Crippen LogP contribution is 2.29. The molecule has 0 spiro atoms. The van der Waals surface area contributed by atoms with Crippen LogP contribution < -0.4 is 5.32 Å². The molecule has 3 unspecified atom stereocenters. The van der Waals surface area contributed by atoms with Crippen molar-refractivity contribution in [2.45, 2.75) is 52.1 Å². The van der Waals surface area contributed by atoms with Crippen LogP contribution in [0.15, 0.2) is 30.3 Å². The molecule has 28 heavy (non-hydrogen) atoms. The number of piperazine rings is 1. The molecule has 1 aromatic rings. The number of carbonyl (C=O) groups is 3. The Morgan fingerprint density at radius 3 is 2.39 bits per heavy atom. The number of amides is 3. The number of benzene rings is 1. The predicted octanol–water partition coefficient (Wildman–Crippen LogP) is 2.30. The minimum absolute atomic E-state index is 0.000659. The van der Waals surface area contributed by atoms with Crippen molar-refractivity contribution in [1.29, 1.82) is 0 Å². The summed E-state index contributed by atoms with van der Waals surface area (Å²) >= 11 is 0. The molecule has 3 atom stereocenters. The molecule has 1 aliphatic heterocycles. The third-order valence-corrected chi connectivity index (χ3v) is 5.95. The fraction of sp³-hybridized carbons (Fsp3) is 0.591. The maximum absolute atomic E-state index is 13.2. The van der Waals surface area contributed by atoms with Gasteiger partial charge in [0.25, 0.3) is 5.91 Å². The summed E-state index contributed by atoms with van der Waals surface area (Å²) in [5, 5.41) is 2.99. The van der Waals surface area contributed by atoms with E-state index in [-0.39, 0.29) is 35.6 Å². The summed E-state index contributed by atoms with van der Waals surface area (Å²) < 4.78 is 0. The first-order valence-corrected chi connectivity index (χ1v) is 10.4. The van der Waals surface area contributed by atoms with Gasteiger partial charge in [0.15, 0.2) is 0 Å². The summed E-state index contributed by atoms with van der Waals surface area (Å²) in [6.07, 6.45) is 2.67. The minimum atomic E-state index is -0.485. The second-order valence-electron chi connectivity index (χ2n) is 8.14. The molecule has 0 bridgehead atoms. The van der Waals surface area contributed by atoms with E-state index < -0.39 is 6.04 Å². The summed E-state index contributed by atoms with van der Waals surface area (Å²) in [5.41, 5.74) is 0.670. The number of nitrogens with one attached hydrogen (secondary N) is 1. The first-order valence-electron chi connectivity index (χ1n) is 10.4. The number of hydrogen-bond donors (Lipinski definition) is 1. The second kappa shape index (κ2) is 8.76. The monoisotopic (exact) mass is 385 g/mol. The molecule has 3 amide bonds. The molecule has 2 fully saturated rings. The number of nitrogens with zero attached hydrogens (tertiary/aromatic N) is 2. The quantitative estimate of drug-likeness (QED) is 0.817. The lowest BCUT2D eigenvalue weighted by Crippen LogP contribution is -2.60. The van der Waals surface area contributed by atoms with Gasteiger partial charge < -0.3 is 15.1 Å². The van der Waals surface area contributed by atoms with Crippen molar-refractivity contribution in [3.8, 4) is 0 Å². The molecule has 6 heteroatoms. The summed E-state index contributed by atoms with van der Waals surface area (Å²) in [6.45, 7) is 7.50. The average Bonchev–Trinajstić information content (AvgIpc) is 3.56. The van der Waals surface area contributed by atoms with Crippen molar-refractivity contribution in [3.63, 3.8) is 0 Å². The zero-order valence-electron chi connectivity index (χ0n) is 17.1. The molecular weight excluding hydrogens is 354 g/mol. The van der Waals surface area contributed by atoms with Crippen LogP contribution in [0.5, 0.6) is 0 Å². The maximum atomic E-state index is 13.2. The fourth-order valence-electron chi connectivity index (χ4n) is 3.70. The van der Waals surface area contributed by atoms with Crippen molar-refractivity contribution in [2.24, 2.45) is 11.8 Å². The van der Waals surface area contributed by atoms with Gasteiger partial charge in [-0.05, 0) is 37.8 Å². The molecule has 0 aromatic heterocycles. The highest BCUT2D eigenvalue weighted by Gasteiger charge is 2.38.